The fraction of sp³-hybridized carbons (Fsp3) is 0.550. The maximum Gasteiger partial charge on any atom is 0.325 e. The van der Waals surface area contributed by atoms with Gasteiger partial charge in [0.1, 0.15) is 12.1 Å². The van der Waals surface area contributed by atoms with Crippen LogP contribution in [0.15, 0.2) is 24.3 Å². The van der Waals surface area contributed by atoms with Crippen molar-refractivity contribution in [2.24, 2.45) is 0 Å². The fourth-order valence-corrected chi connectivity index (χ4v) is 3.76. The van der Waals surface area contributed by atoms with E-state index >= 15 is 0 Å². The van der Waals surface area contributed by atoms with E-state index in [1.165, 1.54) is 12.8 Å². The van der Waals surface area contributed by atoms with Gasteiger partial charge in [0.25, 0.3) is 5.91 Å². The van der Waals surface area contributed by atoms with Crippen molar-refractivity contribution in [3.8, 4) is 0 Å². The van der Waals surface area contributed by atoms with E-state index in [0.717, 1.165) is 36.1 Å². The Balaban J connectivity index is 1.66. The lowest BCUT2D eigenvalue weighted by Crippen LogP contribution is -2.45. The predicted octanol–water partition coefficient (Wildman–Crippen LogP) is 2.60. The van der Waals surface area contributed by atoms with Crippen LogP contribution in [0.5, 0.6) is 0 Å². The van der Waals surface area contributed by atoms with Crippen molar-refractivity contribution < 1.29 is 14.4 Å². The highest BCUT2D eigenvalue weighted by atomic mass is 16.2. The number of carbonyl (C=O) groups is 3. The molecule has 6 nitrogen and oxygen atoms in total. The van der Waals surface area contributed by atoms with E-state index in [1.807, 2.05) is 31.2 Å². The Morgan fingerprint density at radius 1 is 1.15 bits per heavy atom. The molecule has 1 heterocycles. The summed E-state index contributed by atoms with van der Waals surface area (Å²) in [5.41, 5.74) is 0.662. The first-order valence-corrected chi connectivity index (χ1v) is 9.41. The summed E-state index contributed by atoms with van der Waals surface area (Å²) in [5, 5.41) is 5.73. The fourth-order valence-electron chi connectivity index (χ4n) is 3.76. The van der Waals surface area contributed by atoms with Gasteiger partial charge >= 0.3 is 6.03 Å². The van der Waals surface area contributed by atoms with Crippen molar-refractivity contribution in [3.05, 3.63) is 35.4 Å². The van der Waals surface area contributed by atoms with Crippen LogP contribution in [0, 0.1) is 6.92 Å². The van der Waals surface area contributed by atoms with Crippen molar-refractivity contribution >= 4 is 17.8 Å². The Labute approximate surface area is 154 Å². The summed E-state index contributed by atoms with van der Waals surface area (Å²) in [6.45, 7) is 3.41. The van der Waals surface area contributed by atoms with Gasteiger partial charge in [0.05, 0.1) is 0 Å². The van der Waals surface area contributed by atoms with Crippen LogP contribution in [0.1, 0.15) is 56.6 Å². The molecule has 1 saturated carbocycles. The normalized spacial score (nSPS) is 24.3. The van der Waals surface area contributed by atoms with Crippen molar-refractivity contribution in [1.82, 2.24) is 15.5 Å². The number of benzene rings is 1. The summed E-state index contributed by atoms with van der Waals surface area (Å²) in [6, 6.07) is 7.11. The SMILES string of the molecule is Cc1ccc([C@]2(C)NC(=O)N(CC(=O)NC3CCCCCC3)C2=O)cc1. The summed E-state index contributed by atoms with van der Waals surface area (Å²) >= 11 is 0. The van der Waals surface area contributed by atoms with Crippen molar-refractivity contribution in [2.75, 3.05) is 6.54 Å². The van der Waals surface area contributed by atoms with Crippen LogP contribution in [0.25, 0.3) is 0 Å². The van der Waals surface area contributed by atoms with Gasteiger partial charge in [-0.2, -0.15) is 0 Å². The highest BCUT2D eigenvalue weighted by molar-refractivity contribution is 6.09. The lowest BCUT2D eigenvalue weighted by atomic mass is 9.91. The molecule has 0 radical (unpaired) electrons. The van der Waals surface area contributed by atoms with E-state index in [0.29, 0.717) is 5.56 Å². The van der Waals surface area contributed by atoms with Gasteiger partial charge in [0.2, 0.25) is 5.91 Å². The third kappa shape index (κ3) is 3.74. The van der Waals surface area contributed by atoms with Crippen LogP contribution >= 0.6 is 0 Å². The smallest absolute Gasteiger partial charge is 0.325 e. The molecule has 2 aliphatic rings. The minimum Gasteiger partial charge on any atom is -0.352 e. The monoisotopic (exact) mass is 357 g/mol. The van der Waals surface area contributed by atoms with Crippen LogP contribution in [0.4, 0.5) is 4.79 Å². The average Bonchev–Trinajstić information content (AvgIpc) is 2.79. The molecule has 26 heavy (non-hydrogen) atoms. The maximum absolute atomic E-state index is 12.9. The second kappa shape index (κ2) is 7.48. The third-order valence-corrected chi connectivity index (χ3v) is 5.43. The van der Waals surface area contributed by atoms with Gasteiger partial charge in [-0.05, 0) is 32.3 Å². The lowest BCUT2D eigenvalue weighted by molar-refractivity contribution is -0.135. The topological polar surface area (TPSA) is 78.5 Å². The van der Waals surface area contributed by atoms with Crippen LogP contribution in [0.3, 0.4) is 0 Å². The molecule has 4 amide bonds. The summed E-state index contributed by atoms with van der Waals surface area (Å²) in [6.07, 6.45) is 6.56. The highest BCUT2D eigenvalue weighted by Crippen LogP contribution is 2.29. The molecule has 1 aliphatic carbocycles. The molecular formula is C20H27N3O3. The summed E-state index contributed by atoms with van der Waals surface area (Å²) in [7, 11) is 0. The van der Waals surface area contributed by atoms with E-state index in [1.54, 1.807) is 6.92 Å². The molecule has 2 N–H and O–H groups in total. The number of hydrogen-bond acceptors (Lipinski definition) is 3. The first kappa shape index (κ1) is 18.4. The maximum atomic E-state index is 12.9. The minimum absolute atomic E-state index is 0.147. The van der Waals surface area contributed by atoms with Gasteiger partial charge < -0.3 is 10.6 Å². The number of imide groups is 1. The molecule has 0 bridgehead atoms. The summed E-state index contributed by atoms with van der Waals surface area (Å²) in [5.74, 6) is -0.657. The largest absolute Gasteiger partial charge is 0.352 e. The zero-order chi connectivity index (χ0) is 18.7. The Hall–Kier alpha value is -2.37. The van der Waals surface area contributed by atoms with E-state index in [-0.39, 0.29) is 24.4 Å². The molecule has 1 aliphatic heterocycles. The molecule has 0 unspecified atom stereocenters. The highest BCUT2D eigenvalue weighted by Gasteiger charge is 2.49. The number of nitrogens with one attached hydrogen (secondary N) is 2. The molecule has 1 saturated heterocycles. The molecule has 2 fully saturated rings. The molecular weight excluding hydrogens is 330 g/mol. The van der Waals surface area contributed by atoms with Crippen molar-refractivity contribution in [1.29, 1.82) is 0 Å². The van der Waals surface area contributed by atoms with E-state index in [4.69, 9.17) is 0 Å². The van der Waals surface area contributed by atoms with Gasteiger partial charge in [0.15, 0.2) is 0 Å². The van der Waals surface area contributed by atoms with E-state index in [2.05, 4.69) is 10.6 Å². The van der Waals surface area contributed by atoms with Gasteiger partial charge in [-0.25, -0.2) is 4.79 Å². The van der Waals surface area contributed by atoms with Crippen molar-refractivity contribution in [3.63, 3.8) is 0 Å². The van der Waals surface area contributed by atoms with Gasteiger partial charge in [-0.1, -0.05) is 55.5 Å². The van der Waals surface area contributed by atoms with Gasteiger partial charge in [-0.3, -0.25) is 14.5 Å². The third-order valence-electron chi connectivity index (χ3n) is 5.43. The van der Waals surface area contributed by atoms with Gasteiger partial charge in [0, 0.05) is 6.04 Å². The molecule has 0 spiro atoms. The van der Waals surface area contributed by atoms with Crippen LogP contribution in [0.2, 0.25) is 0 Å². The minimum atomic E-state index is -1.13. The molecule has 1 aromatic rings. The lowest BCUT2D eigenvalue weighted by Gasteiger charge is -2.23. The van der Waals surface area contributed by atoms with Crippen molar-refractivity contribution in [2.45, 2.75) is 64.0 Å². The summed E-state index contributed by atoms with van der Waals surface area (Å²) in [4.78, 5) is 38.6. The number of aryl methyl sites for hydroxylation is 1. The Morgan fingerprint density at radius 2 is 1.77 bits per heavy atom. The molecule has 1 atom stereocenters. The molecule has 1 aromatic carbocycles. The second-order valence-corrected chi connectivity index (χ2v) is 7.57. The van der Waals surface area contributed by atoms with Crippen LogP contribution in [-0.4, -0.2) is 35.3 Å². The molecule has 0 aromatic heterocycles. The predicted molar refractivity (Wildman–Crippen MR) is 98.4 cm³/mol. The number of nitrogens with zero attached hydrogens (tertiary/aromatic N) is 1. The Morgan fingerprint density at radius 3 is 2.38 bits per heavy atom. The van der Waals surface area contributed by atoms with Gasteiger partial charge in [-0.15, -0.1) is 0 Å². The second-order valence-electron chi connectivity index (χ2n) is 7.57. The summed E-state index contributed by atoms with van der Waals surface area (Å²) < 4.78 is 0. The first-order chi connectivity index (χ1) is 12.4. The Bertz CT molecular complexity index is 693. The quantitative estimate of drug-likeness (QED) is 0.642. The number of urea groups is 1. The standard InChI is InChI=1S/C20H27N3O3/c1-14-9-11-15(12-10-14)20(2)18(25)23(19(26)22-20)13-17(24)21-16-7-5-3-4-6-8-16/h9-12,16H,3-8,13H2,1-2H3,(H,21,24)(H,22,26)/t20-/m0/s1. The first-order valence-electron chi connectivity index (χ1n) is 9.41. The average molecular weight is 357 g/mol. The zero-order valence-corrected chi connectivity index (χ0v) is 15.5. The van der Waals surface area contributed by atoms with Crippen LogP contribution in [-0.2, 0) is 15.1 Å². The van der Waals surface area contributed by atoms with E-state index in [9.17, 15) is 14.4 Å². The molecule has 6 heteroatoms. The number of carbonyl (C=O) groups excluding carboxylic acids is 3. The van der Waals surface area contributed by atoms with Crippen LogP contribution < -0.4 is 10.6 Å². The number of amides is 4. The number of hydrogen-bond donors (Lipinski definition) is 2. The van der Waals surface area contributed by atoms with E-state index < -0.39 is 11.6 Å². The number of rotatable bonds is 4. The molecule has 3 rings (SSSR count). The Kier molecular flexibility index (Phi) is 5.30. The zero-order valence-electron chi connectivity index (χ0n) is 15.5. The molecule has 140 valence electrons.